The summed E-state index contributed by atoms with van der Waals surface area (Å²) >= 11 is 0. The Hall–Kier alpha value is -2.27. The van der Waals surface area contributed by atoms with Gasteiger partial charge in [0.15, 0.2) is 0 Å². The summed E-state index contributed by atoms with van der Waals surface area (Å²) in [5.41, 5.74) is 1.79. The first-order valence-electron chi connectivity index (χ1n) is 8.49. The van der Waals surface area contributed by atoms with Gasteiger partial charge in [-0.05, 0) is 36.2 Å². The van der Waals surface area contributed by atoms with Crippen LogP contribution in [0.25, 0.3) is 0 Å². The smallest absolute Gasteiger partial charge is 0.246 e. The number of aliphatic hydroxyl groups is 1. The van der Waals surface area contributed by atoms with Crippen molar-refractivity contribution >= 4 is 5.91 Å². The molecule has 0 spiro atoms. The van der Waals surface area contributed by atoms with Gasteiger partial charge in [-0.25, -0.2) is 0 Å². The second kappa shape index (κ2) is 7.53. The number of amides is 1. The Labute approximate surface area is 142 Å². The number of carbonyl (C=O) groups is 1. The third-order valence-electron chi connectivity index (χ3n) is 4.43. The van der Waals surface area contributed by atoms with Crippen molar-refractivity contribution in [3.63, 3.8) is 0 Å². The monoisotopic (exact) mass is 328 g/mol. The van der Waals surface area contributed by atoms with E-state index in [1.807, 2.05) is 52.2 Å². The van der Waals surface area contributed by atoms with Gasteiger partial charge >= 0.3 is 0 Å². The number of rotatable bonds is 5. The van der Waals surface area contributed by atoms with Crippen LogP contribution < -0.4 is 4.74 Å². The van der Waals surface area contributed by atoms with Crippen LogP contribution >= 0.6 is 0 Å². The summed E-state index contributed by atoms with van der Waals surface area (Å²) < 4.78 is 7.77. The molecule has 1 aliphatic heterocycles. The summed E-state index contributed by atoms with van der Waals surface area (Å²) in [5, 5.41) is 9.34. The first kappa shape index (κ1) is 16.6. The van der Waals surface area contributed by atoms with Crippen LogP contribution in [0.2, 0.25) is 0 Å². The molecule has 0 fully saturated rings. The Morgan fingerprint density at radius 1 is 1.33 bits per heavy atom. The summed E-state index contributed by atoms with van der Waals surface area (Å²) in [7, 11) is 0. The third kappa shape index (κ3) is 3.46. The molecule has 24 heavy (non-hydrogen) atoms. The highest BCUT2D eigenvalue weighted by atomic mass is 16.5. The Morgan fingerprint density at radius 3 is 2.83 bits per heavy atom. The van der Waals surface area contributed by atoms with Gasteiger partial charge in [-0.1, -0.05) is 19.4 Å². The molecule has 0 aliphatic carbocycles. The first-order chi connectivity index (χ1) is 11.7. The maximum absolute atomic E-state index is 13.1. The average molecular weight is 328 g/mol. The molecule has 1 aromatic carbocycles. The standard InChI is InChI=1S/C19H24N2O3/c1-2-5-17(20-8-3-4-9-20)19(23)21-10-11-24-18-7-6-15(14-22)12-16(18)13-21/h3-4,6-9,12,17,22H,2,5,10-11,13-14H2,1H3. The van der Waals surface area contributed by atoms with Gasteiger partial charge in [-0.3, -0.25) is 4.79 Å². The molecule has 1 aromatic heterocycles. The van der Waals surface area contributed by atoms with Crippen LogP contribution in [-0.4, -0.2) is 33.6 Å². The molecule has 3 rings (SSSR count). The number of ether oxygens (including phenoxy) is 1. The van der Waals surface area contributed by atoms with E-state index in [0.29, 0.717) is 19.7 Å². The van der Waals surface area contributed by atoms with Crippen molar-refractivity contribution in [2.24, 2.45) is 0 Å². The van der Waals surface area contributed by atoms with Crippen molar-refractivity contribution < 1.29 is 14.6 Å². The summed E-state index contributed by atoms with van der Waals surface area (Å²) in [5.74, 6) is 0.925. The van der Waals surface area contributed by atoms with E-state index in [4.69, 9.17) is 4.74 Å². The molecule has 0 bridgehead atoms. The average Bonchev–Trinajstić information content (AvgIpc) is 3.04. The molecule has 1 unspecified atom stereocenters. The second-order valence-corrected chi connectivity index (χ2v) is 6.14. The Balaban J connectivity index is 1.83. The van der Waals surface area contributed by atoms with Gasteiger partial charge in [-0.15, -0.1) is 0 Å². The quantitative estimate of drug-likeness (QED) is 0.918. The largest absolute Gasteiger partial charge is 0.491 e. The molecule has 1 amide bonds. The number of nitrogens with zero attached hydrogens (tertiary/aromatic N) is 2. The van der Waals surface area contributed by atoms with Crippen molar-refractivity contribution in [1.82, 2.24) is 9.47 Å². The van der Waals surface area contributed by atoms with E-state index in [-0.39, 0.29) is 18.6 Å². The topological polar surface area (TPSA) is 54.7 Å². The molecule has 2 heterocycles. The van der Waals surface area contributed by atoms with Crippen molar-refractivity contribution in [3.8, 4) is 5.75 Å². The number of aliphatic hydroxyl groups excluding tert-OH is 1. The van der Waals surface area contributed by atoms with Crippen molar-refractivity contribution in [2.75, 3.05) is 13.2 Å². The van der Waals surface area contributed by atoms with Gasteiger partial charge in [0.1, 0.15) is 18.4 Å². The fourth-order valence-corrected chi connectivity index (χ4v) is 3.17. The number of benzene rings is 1. The van der Waals surface area contributed by atoms with Crippen LogP contribution in [0.15, 0.2) is 42.7 Å². The van der Waals surface area contributed by atoms with E-state index in [9.17, 15) is 9.90 Å². The van der Waals surface area contributed by atoms with E-state index >= 15 is 0 Å². The van der Waals surface area contributed by atoms with Gasteiger partial charge in [0.2, 0.25) is 5.91 Å². The van der Waals surface area contributed by atoms with Crippen molar-refractivity contribution in [2.45, 2.75) is 39.0 Å². The van der Waals surface area contributed by atoms with Gasteiger partial charge in [0.05, 0.1) is 13.2 Å². The van der Waals surface area contributed by atoms with Crippen LogP contribution in [0.4, 0.5) is 0 Å². The zero-order valence-electron chi connectivity index (χ0n) is 14.0. The molecule has 0 radical (unpaired) electrons. The maximum Gasteiger partial charge on any atom is 0.246 e. The lowest BCUT2D eigenvalue weighted by Gasteiger charge is -2.26. The molecule has 0 saturated heterocycles. The SMILES string of the molecule is CCCC(C(=O)N1CCOc2ccc(CO)cc2C1)n1cccc1. The predicted octanol–water partition coefficient (Wildman–Crippen LogP) is 2.74. The molecular formula is C19H24N2O3. The second-order valence-electron chi connectivity index (χ2n) is 6.14. The summed E-state index contributed by atoms with van der Waals surface area (Å²) in [6, 6.07) is 9.38. The Kier molecular flexibility index (Phi) is 5.20. The molecule has 5 heteroatoms. The molecule has 5 nitrogen and oxygen atoms in total. The minimum absolute atomic E-state index is 0.0109. The minimum Gasteiger partial charge on any atom is -0.491 e. The van der Waals surface area contributed by atoms with Gasteiger partial charge in [0, 0.05) is 24.5 Å². The predicted molar refractivity (Wildman–Crippen MR) is 91.7 cm³/mol. The zero-order chi connectivity index (χ0) is 16.9. The van der Waals surface area contributed by atoms with E-state index < -0.39 is 0 Å². The van der Waals surface area contributed by atoms with E-state index in [1.165, 1.54) is 0 Å². The zero-order valence-corrected chi connectivity index (χ0v) is 14.0. The van der Waals surface area contributed by atoms with Crippen molar-refractivity contribution in [1.29, 1.82) is 0 Å². The number of aromatic nitrogens is 1. The highest BCUT2D eigenvalue weighted by Gasteiger charge is 2.27. The summed E-state index contributed by atoms with van der Waals surface area (Å²) in [6.45, 7) is 3.66. The first-order valence-corrected chi connectivity index (χ1v) is 8.49. The lowest BCUT2D eigenvalue weighted by molar-refractivity contribution is -0.135. The van der Waals surface area contributed by atoms with E-state index in [2.05, 4.69) is 6.92 Å². The van der Waals surface area contributed by atoms with Gasteiger partial charge in [0.25, 0.3) is 0 Å². The van der Waals surface area contributed by atoms with Crippen LogP contribution in [0.1, 0.15) is 36.9 Å². The molecule has 2 aromatic rings. The highest BCUT2D eigenvalue weighted by Crippen LogP contribution is 2.27. The van der Waals surface area contributed by atoms with Crippen molar-refractivity contribution in [3.05, 3.63) is 53.9 Å². The Bertz CT molecular complexity index is 682. The summed E-state index contributed by atoms with van der Waals surface area (Å²) in [6.07, 6.45) is 5.66. The summed E-state index contributed by atoms with van der Waals surface area (Å²) in [4.78, 5) is 15.0. The molecule has 1 atom stereocenters. The highest BCUT2D eigenvalue weighted by molar-refractivity contribution is 5.80. The number of hydrogen-bond donors (Lipinski definition) is 1. The Morgan fingerprint density at radius 2 is 2.12 bits per heavy atom. The lowest BCUT2D eigenvalue weighted by Crippen LogP contribution is -2.38. The van der Waals surface area contributed by atoms with E-state index in [0.717, 1.165) is 29.7 Å². The van der Waals surface area contributed by atoms with E-state index in [1.54, 1.807) is 0 Å². The third-order valence-corrected chi connectivity index (χ3v) is 4.43. The normalized spacial score (nSPS) is 15.3. The van der Waals surface area contributed by atoms with Gasteiger partial charge < -0.3 is 19.3 Å². The fraction of sp³-hybridized carbons (Fsp3) is 0.421. The number of carbonyl (C=O) groups excluding carboxylic acids is 1. The number of fused-ring (bicyclic) bond motifs is 1. The number of hydrogen-bond acceptors (Lipinski definition) is 3. The lowest BCUT2D eigenvalue weighted by atomic mass is 10.1. The van der Waals surface area contributed by atoms with Crippen LogP contribution in [0, 0.1) is 0 Å². The molecule has 0 saturated carbocycles. The maximum atomic E-state index is 13.1. The fourth-order valence-electron chi connectivity index (χ4n) is 3.17. The van der Waals surface area contributed by atoms with Crippen LogP contribution in [-0.2, 0) is 17.9 Å². The molecule has 128 valence electrons. The van der Waals surface area contributed by atoms with Crippen LogP contribution in [0.5, 0.6) is 5.75 Å². The minimum atomic E-state index is -0.174. The van der Waals surface area contributed by atoms with Gasteiger partial charge in [-0.2, -0.15) is 0 Å². The van der Waals surface area contributed by atoms with Crippen LogP contribution in [0.3, 0.4) is 0 Å². The molecule has 1 aliphatic rings. The molecular weight excluding hydrogens is 304 g/mol. The molecule has 1 N–H and O–H groups in total.